The summed E-state index contributed by atoms with van der Waals surface area (Å²) in [5, 5.41) is 9.83. The highest BCUT2D eigenvalue weighted by Gasteiger charge is 2.40. The Labute approximate surface area is 200 Å². The maximum absolute atomic E-state index is 13.6. The van der Waals surface area contributed by atoms with Crippen LogP contribution in [0.25, 0.3) is 0 Å². The smallest absolute Gasteiger partial charge is 0.255 e. The number of amides is 1. The number of aromatic nitrogens is 2. The quantitative estimate of drug-likeness (QED) is 0.502. The molecule has 0 aliphatic carbocycles. The number of nitriles is 1. The molecule has 1 aliphatic heterocycles. The Morgan fingerprint density at radius 2 is 2.00 bits per heavy atom. The number of hydrogen-bond acceptors (Lipinski definition) is 5. The van der Waals surface area contributed by atoms with E-state index in [1.165, 1.54) is 18.5 Å². The molecule has 0 spiro atoms. The lowest BCUT2D eigenvalue weighted by atomic mass is 9.86. The van der Waals surface area contributed by atoms with E-state index in [2.05, 4.69) is 9.97 Å². The maximum Gasteiger partial charge on any atom is 0.255 e. The summed E-state index contributed by atoms with van der Waals surface area (Å²) in [6.07, 6.45) is 3.53. The van der Waals surface area contributed by atoms with E-state index in [1.54, 1.807) is 29.2 Å². The van der Waals surface area contributed by atoms with Crippen LogP contribution in [0, 0.1) is 23.1 Å². The van der Waals surface area contributed by atoms with Crippen LogP contribution in [0.3, 0.4) is 0 Å². The molecule has 6 nitrogen and oxygen atoms in total. The number of nitrogens with zero attached hydrogens (tertiary/aromatic N) is 4. The second kappa shape index (κ2) is 9.74. The maximum atomic E-state index is 13.6. The zero-order valence-electron chi connectivity index (χ0n) is 17.6. The molecule has 0 saturated carbocycles. The number of carbonyl (C=O) groups is 1. The predicted molar refractivity (Wildman–Crippen MR) is 122 cm³/mol. The first kappa shape index (κ1) is 23.0. The largest absolute Gasteiger partial charge is 0.474 e. The molecule has 3 atom stereocenters. The lowest BCUT2D eigenvalue weighted by Crippen LogP contribution is -2.32. The third kappa shape index (κ3) is 5.08. The van der Waals surface area contributed by atoms with Crippen molar-refractivity contribution < 1.29 is 13.9 Å². The minimum absolute atomic E-state index is 0.0985. The third-order valence-electron chi connectivity index (χ3n) is 5.75. The molecule has 0 N–H and O–H groups in total. The van der Waals surface area contributed by atoms with Crippen LogP contribution < -0.4 is 4.74 Å². The summed E-state index contributed by atoms with van der Waals surface area (Å²) in [4.78, 5) is 22.7. The molecular weight excluding hydrogens is 466 g/mol. The van der Waals surface area contributed by atoms with Crippen molar-refractivity contribution in [2.75, 3.05) is 13.1 Å². The first-order valence-corrected chi connectivity index (χ1v) is 11.0. The van der Waals surface area contributed by atoms with Crippen LogP contribution in [0.2, 0.25) is 10.0 Å². The Hall–Kier alpha value is -3.21. The molecule has 9 heteroatoms. The fraction of sp³-hybridized carbons (Fsp3) is 0.250. The van der Waals surface area contributed by atoms with Gasteiger partial charge in [-0.2, -0.15) is 5.26 Å². The zero-order valence-corrected chi connectivity index (χ0v) is 19.1. The minimum atomic E-state index is -0.568. The molecule has 3 aromatic rings. The standard InChI is InChI=1S/C24H19Cl2FN4O2/c1-14(33-23-5-2-15(8-28)9-30-23)19-12-31(24(32)17-6-18(27)11-29-10-17)13-20(19)16-3-4-21(25)22(26)7-16/h2-7,9-11,14,19-20H,12-13H2,1H3. The molecule has 1 aromatic carbocycles. The van der Waals surface area contributed by atoms with Gasteiger partial charge in [-0.15, -0.1) is 0 Å². The number of ether oxygens (including phenoxy) is 1. The summed E-state index contributed by atoms with van der Waals surface area (Å²) in [5.74, 6) is -0.697. The van der Waals surface area contributed by atoms with E-state index in [9.17, 15) is 9.18 Å². The van der Waals surface area contributed by atoms with Gasteiger partial charge in [-0.1, -0.05) is 29.3 Å². The Morgan fingerprint density at radius 1 is 1.18 bits per heavy atom. The fourth-order valence-electron chi connectivity index (χ4n) is 4.07. The Kier molecular flexibility index (Phi) is 6.77. The van der Waals surface area contributed by atoms with E-state index in [4.69, 9.17) is 33.2 Å². The average Bonchev–Trinajstić information content (AvgIpc) is 3.26. The highest BCUT2D eigenvalue weighted by Crippen LogP contribution is 2.38. The molecule has 4 rings (SSSR count). The summed E-state index contributed by atoms with van der Waals surface area (Å²) in [6, 6.07) is 11.9. The van der Waals surface area contributed by atoms with E-state index < -0.39 is 5.82 Å². The van der Waals surface area contributed by atoms with E-state index in [-0.39, 0.29) is 29.4 Å². The van der Waals surface area contributed by atoms with Crippen molar-refractivity contribution in [3.8, 4) is 11.9 Å². The van der Waals surface area contributed by atoms with Crippen LogP contribution in [0.1, 0.15) is 34.3 Å². The Bertz CT molecular complexity index is 1220. The van der Waals surface area contributed by atoms with Crippen LogP contribution in [-0.4, -0.2) is 40.0 Å². The highest BCUT2D eigenvalue weighted by atomic mass is 35.5. The molecule has 2 aromatic heterocycles. The molecule has 1 amide bonds. The summed E-state index contributed by atoms with van der Waals surface area (Å²) in [6.45, 7) is 2.69. The second-order valence-corrected chi connectivity index (χ2v) is 8.68. The van der Waals surface area contributed by atoms with Gasteiger partial charge in [0.15, 0.2) is 0 Å². The lowest BCUT2D eigenvalue weighted by Gasteiger charge is -2.25. The first-order valence-electron chi connectivity index (χ1n) is 10.2. The van der Waals surface area contributed by atoms with E-state index in [0.717, 1.165) is 11.8 Å². The van der Waals surface area contributed by atoms with Gasteiger partial charge < -0.3 is 9.64 Å². The monoisotopic (exact) mass is 484 g/mol. The number of benzene rings is 1. The fourth-order valence-corrected chi connectivity index (χ4v) is 4.38. The first-order chi connectivity index (χ1) is 15.9. The van der Waals surface area contributed by atoms with Gasteiger partial charge in [-0.25, -0.2) is 9.37 Å². The average molecular weight is 485 g/mol. The number of carbonyl (C=O) groups excluding carboxylic acids is 1. The van der Waals surface area contributed by atoms with Gasteiger partial charge >= 0.3 is 0 Å². The van der Waals surface area contributed by atoms with Crippen molar-refractivity contribution >= 4 is 29.1 Å². The predicted octanol–water partition coefficient (Wildman–Crippen LogP) is 5.12. The normalized spacial score (nSPS) is 18.6. The Morgan fingerprint density at radius 3 is 2.67 bits per heavy atom. The van der Waals surface area contributed by atoms with Crippen molar-refractivity contribution in [3.63, 3.8) is 0 Å². The van der Waals surface area contributed by atoms with Crippen molar-refractivity contribution in [3.05, 3.63) is 87.5 Å². The Balaban J connectivity index is 1.61. The van der Waals surface area contributed by atoms with E-state index in [1.807, 2.05) is 19.1 Å². The molecule has 1 fully saturated rings. The van der Waals surface area contributed by atoms with E-state index >= 15 is 0 Å². The third-order valence-corrected chi connectivity index (χ3v) is 6.49. The zero-order chi connectivity index (χ0) is 23.5. The van der Waals surface area contributed by atoms with Crippen LogP contribution >= 0.6 is 23.2 Å². The molecule has 1 aliphatic rings. The van der Waals surface area contributed by atoms with E-state index in [0.29, 0.717) is 34.6 Å². The van der Waals surface area contributed by atoms with Crippen LogP contribution in [-0.2, 0) is 0 Å². The van der Waals surface area contributed by atoms with Gasteiger partial charge in [0, 0.05) is 43.4 Å². The second-order valence-electron chi connectivity index (χ2n) is 7.87. The van der Waals surface area contributed by atoms with Crippen LogP contribution in [0.5, 0.6) is 5.88 Å². The highest BCUT2D eigenvalue weighted by molar-refractivity contribution is 6.42. The molecule has 0 radical (unpaired) electrons. The minimum Gasteiger partial charge on any atom is -0.474 e. The van der Waals surface area contributed by atoms with Crippen molar-refractivity contribution in [2.24, 2.45) is 5.92 Å². The number of likely N-dealkylation sites (tertiary alicyclic amines) is 1. The summed E-state index contributed by atoms with van der Waals surface area (Å²) < 4.78 is 19.7. The van der Waals surface area contributed by atoms with Gasteiger partial charge in [-0.05, 0) is 36.8 Å². The number of hydrogen-bond donors (Lipinski definition) is 0. The molecular formula is C24H19Cl2FN4O2. The lowest BCUT2D eigenvalue weighted by molar-refractivity contribution is 0.0768. The van der Waals surface area contributed by atoms with Gasteiger partial charge in [0.1, 0.15) is 18.0 Å². The van der Waals surface area contributed by atoms with Crippen molar-refractivity contribution in [1.82, 2.24) is 14.9 Å². The summed E-state index contributed by atoms with van der Waals surface area (Å²) in [5.41, 5.74) is 1.54. The summed E-state index contributed by atoms with van der Waals surface area (Å²) >= 11 is 12.4. The van der Waals surface area contributed by atoms with Gasteiger partial charge in [0.05, 0.1) is 27.4 Å². The van der Waals surface area contributed by atoms with Crippen LogP contribution in [0.15, 0.2) is 55.0 Å². The molecule has 33 heavy (non-hydrogen) atoms. The number of pyridine rings is 2. The van der Waals surface area contributed by atoms with Gasteiger partial charge in [-0.3, -0.25) is 9.78 Å². The molecule has 168 valence electrons. The number of halogens is 3. The van der Waals surface area contributed by atoms with Crippen molar-refractivity contribution in [2.45, 2.75) is 18.9 Å². The molecule has 3 heterocycles. The SMILES string of the molecule is CC(Oc1ccc(C#N)cn1)C1CN(C(=O)c2cncc(F)c2)CC1c1ccc(Cl)c(Cl)c1. The van der Waals surface area contributed by atoms with Crippen molar-refractivity contribution in [1.29, 1.82) is 5.26 Å². The van der Waals surface area contributed by atoms with Gasteiger partial charge in [0.25, 0.3) is 5.91 Å². The summed E-state index contributed by atoms with van der Waals surface area (Å²) in [7, 11) is 0. The molecule has 3 unspecified atom stereocenters. The number of rotatable bonds is 5. The molecule has 0 bridgehead atoms. The van der Waals surface area contributed by atoms with Gasteiger partial charge in [0.2, 0.25) is 5.88 Å². The topological polar surface area (TPSA) is 79.1 Å². The van der Waals surface area contributed by atoms with Crippen LogP contribution in [0.4, 0.5) is 4.39 Å². The molecule has 1 saturated heterocycles.